The van der Waals surface area contributed by atoms with E-state index in [-0.39, 0.29) is 11.5 Å². The average Bonchev–Trinajstić information content (AvgIpc) is 2.75. The number of sulfone groups is 1. The molecule has 0 aliphatic rings. The number of nitrogens with two attached hydrogens (primary N) is 1. The topological polar surface area (TPSA) is 65.1 Å². The molecule has 0 unspecified atom stereocenters. The molecule has 1 heterocycles. The van der Waals surface area contributed by atoms with Gasteiger partial charge in [-0.1, -0.05) is 24.6 Å². The van der Waals surface area contributed by atoms with Gasteiger partial charge >= 0.3 is 0 Å². The van der Waals surface area contributed by atoms with Crippen LogP contribution in [0, 0.1) is 0 Å². The SMILES string of the molecule is CCS(=O)(=O)CCn1cc(CCN)c2ccc(Cl)cc21. The number of aryl methyl sites for hydroxylation is 1. The first-order valence-electron chi connectivity index (χ1n) is 6.64. The highest BCUT2D eigenvalue weighted by Crippen LogP contribution is 2.25. The summed E-state index contributed by atoms with van der Waals surface area (Å²) in [6.07, 6.45) is 2.75. The van der Waals surface area contributed by atoms with E-state index in [0.717, 1.165) is 22.9 Å². The van der Waals surface area contributed by atoms with Crippen molar-refractivity contribution >= 4 is 32.3 Å². The Morgan fingerprint density at radius 3 is 2.75 bits per heavy atom. The van der Waals surface area contributed by atoms with Crippen molar-refractivity contribution in [2.45, 2.75) is 19.9 Å². The minimum absolute atomic E-state index is 0.141. The quantitative estimate of drug-likeness (QED) is 0.889. The van der Waals surface area contributed by atoms with Crippen molar-refractivity contribution in [3.05, 3.63) is 35.0 Å². The third-order valence-corrected chi connectivity index (χ3v) is 5.34. The highest BCUT2D eigenvalue weighted by atomic mass is 35.5. The lowest BCUT2D eigenvalue weighted by Gasteiger charge is -2.05. The lowest BCUT2D eigenvalue weighted by molar-refractivity contribution is 0.591. The lowest BCUT2D eigenvalue weighted by Crippen LogP contribution is -2.14. The summed E-state index contributed by atoms with van der Waals surface area (Å²) in [5, 5.41) is 1.74. The molecule has 0 saturated heterocycles. The van der Waals surface area contributed by atoms with Crippen molar-refractivity contribution in [2.24, 2.45) is 5.73 Å². The fourth-order valence-electron chi connectivity index (χ4n) is 2.26. The van der Waals surface area contributed by atoms with Crippen LogP contribution in [-0.2, 0) is 22.8 Å². The molecule has 2 aromatic rings. The van der Waals surface area contributed by atoms with Gasteiger partial charge in [-0.15, -0.1) is 0 Å². The first kappa shape index (κ1) is 15.4. The Labute approximate surface area is 124 Å². The third-order valence-electron chi connectivity index (χ3n) is 3.42. The van der Waals surface area contributed by atoms with Crippen molar-refractivity contribution in [3.8, 4) is 0 Å². The van der Waals surface area contributed by atoms with Crippen LogP contribution in [0.4, 0.5) is 0 Å². The Balaban J connectivity index is 2.39. The molecular weight excluding hydrogens is 296 g/mol. The van der Waals surface area contributed by atoms with Gasteiger partial charge in [0.15, 0.2) is 9.84 Å². The molecule has 0 amide bonds. The summed E-state index contributed by atoms with van der Waals surface area (Å²) >= 11 is 6.04. The Hall–Kier alpha value is -1.04. The fourth-order valence-corrected chi connectivity index (χ4v) is 3.19. The van der Waals surface area contributed by atoms with E-state index in [1.165, 1.54) is 0 Å². The number of nitrogens with zero attached hydrogens (tertiary/aromatic N) is 1. The molecule has 0 radical (unpaired) electrons. The maximum Gasteiger partial charge on any atom is 0.151 e. The van der Waals surface area contributed by atoms with E-state index >= 15 is 0 Å². The first-order chi connectivity index (χ1) is 9.46. The summed E-state index contributed by atoms with van der Waals surface area (Å²) in [6, 6.07) is 5.68. The number of benzene rings is 1. The molecule has 6 heteroatoms. The Bertz CT molecular complexity index is 707. The molecule has 0 fully saturated rings. The molecule has 20 heavy (non-hydrogen) atoms. The minimum Gasteiger partial charge on any atom is -0.346 e. The zero-order chi connectivity index (χ0) is 14.8. The number of hydrogen-bond donors (Lipinski definition) is 1. The predicted octanol–water partition coefficient (Wildman–Crippen LogP) is 2.23. The number of fused-ring (bicyclic) bond motifs is 1. The summed E-state index contributed by atoms with van der Waals surface area (Å²) in [5.41, 5.74) is 7.72. The fraction of sp³-hybridized carbons (Fsp3) is 0.429. The monoisotopic (exact) mass is 314 g/mol. The molecule has 1 aromatic heterocycles. The van der Waals surface area contributed by atoms with Crippen LogP contribution in [0.15, 0.2) is 24.4 Å². The van der Waals surface area contributed by atoms with Gasteiger partial charge in [-0.2, -0.15) is 0 Å². The highest BCUT2D eigenvalue weighted by molar-refractivity contribution is 7.91. The van der Waals surface area contributed by atoms with E-state index in [1.807, 2.05) is 29.0 Å². The molecule has 0 atom stereocenters. The van der Waals surface area contributed by atoms with E-state index in [4.69, 9.17) is 17.3 Å². The van der Waals surface area contributed by atoms with Gasteiger partial charge in [0.25, 0.3) is 0 Å². The smallest absolute Gasteiger partial charge is 0.151 e. The maximum absolute atomic E-state index is 11.6. The van der Waals surface area contributed by atoms with Gasteiger partial charge in [-0.05, 0) is 30.7 Å². The average molecular weight is 315 g/mol. The Kier molecular flexibility index (Phi) is 4.73. The van der Waals surface area contributed by atoms with E-state index in [1.54, 1.807) is 6.92 Å². The van der Waals surface area contributed by atoms with Crippen LogP contribution in [-0.4, -0.2) is 31.0 Å². The largest absolute Gasteiger partial charge is 0.346 e. The zero-order valence-electron chi connectivity index (χ0n) is 11.5. The van der Waals surface area contributed by atoms with Gasteiger partial charge in [0.1, 0.15) is 0 Å². The van der Waals surface area contributed by atoms with Crippen molar-refractivity contribution in [1.29, 1.82) is 0 Å². The van der Waals surface area contributed by atoms with Gasteiger partial charge in [0.05, 0.1) is 5.75 Å². The van der Waals surface area contributed by atoms with Crippen molar-refractivity contribution < 1.29 is 8.42 Å². The summed E-state index contributed by atoms with van der Waals surface area (Å²) < 4.78 is 25.3. The van der Waals surface area contributed by atoms with Gasteiger partial charge in [0, 0.05) is 34.4 Å². The molecule has 0 aliphatic heterocycles. The second-order valence-electron chi connectivity index (χ2n) is 4.78. The molecule has 2 rings (SSSR count). The van der Waals surface area contributed by atoms with Crippen LogP contribution in [0.5, 0.6) is 0 Å². The predicted molar refractivity (Wildman–Crippen MR) is 84.0 cm³/mol. The Morgan fingerprint density at radius 2 is 2.10 bits per heavy atom. The third kappa shape index (κ3) is 3.34. The molecule has 0 bridgehead atoms. The number of aromatic nitrogens is 1. The molecule has 0 saturated carbocycles. The maximum atomic E-state index is 11.6. The summed E-state index contributed by atoms with van der Waals surface area (Å²) in [7, 11) is -2.98. The second-order valence-corrected chi connectivity index (χ2v) is 7.69. The summed E-state index contributed by atoms with van der Waals surface area (Å²) in [6.45, 7) is 2.67. The molecule has 4 nitrogen and oxygen atoms in total. The van der Waals surface area contributed by atoms with Gasteiger partial charge in [0.2, 0.25) is 0 Å². The number of rotatable bonds is 6. The summed E-state index contributed by atoms with van der Waals surface area (Å²) in [5.74, 6) is 0.310. The lowest BCUT2D eigenvalue weighted by atomic mass is 10.1. The van der Waals surface area contributed by atoms with E-state index in [9.17, 15) is 8.42 Å². The van der Waals surface area contributed by atoms with Crippen LogP contribution in [0.2, 0.25) is 5.02 Å². The van der Waals surface area contributed by atoms with Gasteiger partial charge < -0.3 is 10.3 Å². The number of hydrogen-bond acceptors (Lipinski definition) is 3. The highest BCUT2D eigenvalue weighted by Gasteiger charge is 2.12. The van der Waals surface area contributed by atoms with E-state index in [2.05, 4.69) is 0 Å². The van der Waals surface area contributed by atoms with Crippen molar-refractivity contribution in [3.63, 3.8) is 0 Å². The molecule has 0 aliphatic carbocycles. The van der Waals surface area contributed by atoms with Crippen LogP contribution < -0.4 is 5.73 Å². The Morgan fingerprint density at radius 1 is 1.35 bits per heavy atom. The van der Waals surface area contributed by atoms with Crippen LogP contribution in [0.1, 0.15) is 12.5 Å². The normalized spacial score (nSPS) is 12.2. The molecule has 0 spiro atoms. The molecule has 110 valence electrons. The molecule has 1 aromatic carbocycles. The standard InChI is InChI=1S/C14H19ClN2O2S/c1-2-20(18,19)8-7-17-10-11(5-6-16)13-4-3-12(15)9-14(13)17/h3-4,9-10H,2,5-8,16H2,1H3. The van der Waals surface area contributed by atoms with Crippen molar-refractivity contribution in [1.82, 2.24) is 4.57 Å². The van der Waals surface area contributed by atoms with Crippen LogP contribution in [0.3, 0.4) is 0 Å². The second kappa shape index (κ2) is 6.16. The molecular formula is C14H19ClN2O2S. The van der Waals surface area contributed by atoms with Crippen LogP contribution >= 0.6 is 11.6 Å². The first-order valence-corrected chi connectivity index (χ1v) is 8.84. The van der Waals surface area contributed by atoms with E-state index < -0.39 is 9.84 Å². The zero-order valence-corrected chi connectivity index (χ0v) is 13.0. The van der Waals surface area contributed by atoms with Gasteiger partial charge in [-0.25, -0.2) is 8.42 Å². The number of halogens is 1. The van der Waals surface area contributed by atoms with Crippen LogP contribution in [0.25, 0.3) is 10.9 Å². The summed E-state index contributed by atoms with van der Waals surface area (Å²) in [4.78, 5) is 0. The molecule has 2 N–H and O–H groups in total. The van der Waals surface area contributed by atoms with E-state index in [0.29, 0.717) is 18.1 Å². The minimum atomic E-state index is -2.98. The van der Waals surface area contributed by atoms with Gasteiger partial charge in [-0.3, -0.25) is 0 Å². The van der Waals surface area contributed by atoms with Crippen molar-refractivity contribution in [2.75, 3.05) is 18.1 Å².